The zero-order valence-corrected chi connectivity index (χ0v) is 24.3. The molecule has 12 heteroatoms. The van der Waals surface area contributed by atoms with E-state index in [4.69, 9.17) is 14.7 Å². The molecule has 2 aliphatic rings. The number of nitrogens with zero attached hydrogens (tertiary/aromatic N) is 6. The summed E-state index contributed by atoms with van der Waals surface area (Å²) >= 11 is 0. The number of carbonyl (C=O) groups is 1. The molecule has 0 radical (unpaired) electrons. The van der Waals surface area contributed by atoms with Crippen LogP contribution in [-0.4, -0.2) is 73.1 Å². The van der Waals surface area contributed by atoms with Gasteiger partial charge in [-0.25, -0.2) is 4.98 Å². The van der Waals surface area contributed by atoms with Crippen LogP contribution >= 0.6 is 0 Å². The van der Waals surface area contributed by atoms with Gasteiger partial charge in [0.2, 0.25) is 11.9 Å². The maximum atomic E-state index is 13.5. The van der Waals surface area contributed by atoms with E-state index in [2.05, 4.69) is 33.2 Å². The molecule has 1 aliphatic heterocycles. The molecule has 3 aromatic rings. The highest BCUT2D eigenvalue weighted by Gasteiger charge is 2.49. The van der Waals surface area contributed by atoms with Crippen LogP contribution in [0.5, 0.6) is 5.75 Å². The van der Waals surface area contributed by atoms with E-state index in [-0.39, 0.29) is 22.8 Å². The molecule has 42 heavy (non-hydrogen) atoms. The summed E-state index contributed by atoms with van der Waals surface area (Å²) in [6, 6.07) is 8.90. The van der Waals surface area contributed by atoms with Gasteiger partial charge >= 0.3 is 6.61 Å². The highest BCUT2D eigenvalue weighted by atomic mass is 19.3. The first kappa shape index (κ1) is 29.2. The molecule has 1 saturated carbocycles. The molecule has 5 rings (SSSR count). The number of alkyl halides is 2. The van der Waals surface area contributed by atoms with Crippen LogP contribution in [0.15, 0.2) is 49.2 Å². The van der Waals surface area contributed by atoms with Crippen molar-refractivity contribution in [1.29, 1.82) is 0 Å². The minimum atomic E-state index is -3.07. The van der Waals surface area contributed by atoms with Gasteiger partial charge in [0.1, 0.15) is 5.82 Å². The third-order valence-corrected chi connectivity index (χ3v) is 7.79. The number of rotatable bonds is 11. The zero-order chi connectivity index (χ0) is 30.0. The molecule has 0 saturated heterocycles. The molecule has 1 amide bonds. The number of pyridine rings is 1. The Balaban J connectivity index is 1.49. The summed E-state index contributed by atoms with van der Waals surface area (Å²) in [4.78, 5) is 32.3. The summed E-state index contributed by atoms with van der Waals surface area (Å²) in [5.41, 5.74) is 4.19. The number of hydrogen-bond acceptors (Lipinski definition) is 9. The maximum Gasteiger partial charge on any atom is 0.387 e. The predicted molar refractivity (Wildman–Crippen MR) is 161 cm³/mol. The number of halogens is 2. The predicted octanol–water partition coefficient (Wildman–Crippen LogP) is 5.22. The molecular formula is C30H36F2N8O2. The Morgan fingerprint density at radius 2 is 1.95 bits per heavy atom. The van der Waals surface area contributed by atoms with E-state index in [0.717, 1.165) is 49.0 Å². The van der Waals surface area contributed by atoms with E-state index in [0.29, 0.717) is 30.3 Å². The van der Waals surface area contributed by atoms with Crippen molar-refractivity contribution in [2.45, 2.75) is 38.2 Å². The van der Waals surface area contributed by atoms with Gasteiger partial charge < -0.3 is 30.1 Å². The smallest absolute Gasteiger partial charge is 0.387 e. The topological polar surface area (TPSA) is 98.8 Å². The van der Waals surface area contributed by atoms with Crippen LogP contribution in [0, 0.1) is 6.92 Å². The van der Waals surface area contributed by atoms with Crippen molar-refractivity contribution in [2.75, 3.05) is 61.2 Å². The van der Waals surface area contributed by atoms with E-state index in [1.54, 1.807) is 6.20 Å². The van der Waals surface area contributed by atoms with Gasteiger partial charge in [0, 0.05) is 50.1 Å². The lowest BCUT2D eigenvalue weighted by molar-refractivity contribution is -0.111. The Hall–Kier alpha value is -4.32. The van der Waals surface area contributed by atoms with Gasteiger partial charge in [-0.15, -0.1) is 0 Å². The van der Waals surface area contributed by atoms with Crippen molar-refractivity contribution in [3.63, 3.8) is 0 Å². The largest absolute Gasteiger partial charge is 0.433 e. The van der Waals surface area contributed by atoms with Gasteiger partial charge in [0.15, 0.2) is 5.75 Å². The average Bonchev–Trinajstić information content (AvgIpc) is 3.28. The molecule has 0 bridgehead atoms. The van der Waals surface area contributed by atoms with Crippen LogP contribution in [0.3, 0.4) is 0 Å². The second-order valence-corrected chi connectivity index (χ2v) is 11.1. The highest BCUT2D eigenvalue weighted by molar-refractivity contribution is 6.02. The Bertz CT molecular complexity index is 1480. The first-order valence-corrected chi connectivity index (χ1v) is 13.9. The second kappa shape index (κ2) is 11.9. The molecule has 2 N–H and O–H groups in total. The van der Waals surface area contributed by atoms with Crippen LogP contribution in [-0.2, 0) is 10.2 Å². The number of amides is 1. The fourth-order valence-corrected chi connectivity index (χ4v) is 5.43. The third-order valence-electron chi connectivity index (χ3n) is 7.79. The molecule has 1 fully saturated rings. The standard InChI is InChI=1S/C30H36F2N8O2/c1-6-26(41)35-20-16-21(24(42-28(31)32)17-23(20)39(5)15-14-38(3)4)36-29-33-13-10-25(37-29)40-18-30(11-7-12-30)27-22(40)9-8-19(2)34-27/h6,8-10,13,16-17,28H,1,7,11-12,14-15,18H2,2-5H3,(H,35,41)(H,33,36,37). The molecule has 222 valence electrons. The van der Waals surface area contributed by atoms with Crippen molar-refractivity contribution in [2.24, 2.45) is 0 Å². The Labute approximate surface area is 244 Å². The number of aromatic nitrogens is 3. The van der Waals surface area contributed by atoms with E-state index in [1.807, 2.05) is 50.0 Å². The van der Waals surface area contributed by atoms with Crippen LogP contribution in [0.4, 0.5) is 43.3 Å². The van der Waals surface area contributed by atoms with Crippen LogP contribution in [0.2, 0.25) is 0 Å². The number of anilines is 6. The second-order valence-electron chi connectivity index (χ2n) is 11.1. The fourth-order valence-electron chi connectivity index (χ4n) is 5.43. The van der Waals surface area contributed by atoms with Crippen LogP contribution < -0.4 is 25.2 Å². The van der Waals surface area contributed by atoms with Gasteiger partial charge in [-0.2, -0.15) is 13.8 Å². The molecule has 0 unspecified atom stereocenters. The quantitative estimate of drug-likeness (QED) is 0.297. The average molecular weight is 579 g/mol. The summed E-state index contributed by atoms with van der Waals surface area (Å²) in [6.45, 7) is 4.49. The number of hydrogen-bond donors (Lipinski definition) is 2. The molecule has 1 spiro atoms. The summed E-state index contributed by atoms with van der Waals surface area (Å²) < 4.78 is 32.0. The Morgan fingerprint density at radius 1 is 1.17 bits per heavy atom. The van der Waals surface area contributed by atoms with E-state index in [9.17, 15) is 13.6 Å². The third kappa shape index (κ3) is 5.98. The molecule has 1 aliphatic carbocycles. The van der Waals surface area contributed by atoms with Crippen LogP contribution in [0.25, 0.3) is 0 Å². The van der Waals surface area contributed by atoms with Gasteiger partial charge in [-0.05, 0) is 64.2 Å². The fraction of sp³-hybridized carbons (Fsp3) is 0.400. The van der Waals surface area contributed by atoms with Crippen molar-refractivity contribution < 1.29 is 18.3 Å². The minimum absolute atomic E-state index is 0.0187. The summed E-state index contributed by atoms with van der Waals surface area (Å²) in [7, 11) is 5.68. The number of ether oxygens (including phenoxy) is 1. The molecule has 10 nitrogen and oxygen atoms in total. The lowest BCUT2D eigenvalue weighted by Gasteiger charge is -2.38. The number of nitrogens with one attached hydrogen (secondary N) is 2. The van der Waals surface area contributed by atoms with Gasteiger partial charge in [0.05, 0.1) is 28.4 Å². The first-order chi connectivity index (χ1) is 20.1. The van der Waals surface area contributed by atoms with Gasteiger partial charge in [-0.1, -0.05) is 13.0 Å². The number of carbonyl (C=O) groups excluding carboxylic acids is 1. The molecule has 0 atom stereocenters. The number of benzene rings is 1. The lowest BCUT2D eigenvalue weighted by Crippen LogP contribution is -2.38. The molecule has 3 heterocycles. The van der Waals surface area contributed by atoms with Gasteiger partial charge in [0.25, 0.3) is 0 Å². The van der Waals surface area contributed by atoms with Crippen molar-refractivity contribution >= 4 is 40.4 Å². The summed E-state index contributed by atoms with van der Waals surface area (Å²) in [5, 5.41) is 5.82. The number of aryl methyl sites for hydroxylation is 1. The normalized spacial score (nSPS) is 15.0. The van der Waals surface area contributed by atoms with E-state index < -0.39 is 12.5 Å². The van der Waals surface area contributed by atoms with Crippen molar-refractivity contribution in [3.05, 3.63) is 60.6 Å². The lowest BCUT2D eigenvalue weighted by atomic mass is 9.67. The number of fused-ring (bicyclic) bond motifs is 2. The van der Waals surface area contributed by atoms with Crippen molar-refractivity contribution in [1.82, 2.24) is 19.9 Å². The molecular weight excluding hydrogens is 542 g/mol. The maximum absolute atomic E-state index is 13.5. The monoisotopic (exact) mass is 578 g/mol. The Kier molecular flexibility index (Phi) is 8.26. The Morgan fingerprint density at radius 3 is 2.62 bits per heavy atom. The first-order valence-electron chi connectivity index (χ1n) is 13.9. The zero-order valence-electron chi connectivity index (χ0n) is 24.3. The van der Waals surface area contributed by atoms with Gasteiger partial charge in [-0.3, -0.25) is 9.78 Å². The minimum Gasteiger partial charge on any atom is -0.433 e. The highest BCUT2D eigenvalue weighted by Crippen LogP contribution is 2.53. The van der Waals surface area contributed by atoms with Crippen LogP contribution in [0.1, 0.15) is 30.7 Å². The van der Waals surface area contributed by atoms with E-state index in [1.165, 1.54) is 12.1 Å². The van der Waals surface area contributed by atoms with E-state index >= 15 is 0 Å². The van der Waals surface area contributed by atoms with Crippen molar-refractivity contribution in [3.8, 4) is 5.75 Å². The molecule has 1 aromatic carbocycles. The molecule has 2 aromatic heterocycles. The summed E-state index contributed by atoms with van der Waals surface area (Å²) in [5.74, 6) is 0.310. The summed E-state index contributed by atoms with van der Waals surface area (Å²) in [6.07, 6.45) is 6.08. The SMILES string of the molecule is C=CC(=O)Nc1cc(Nc2nccc(N3CC4(CCC4)c4nc(C)ccc43)n2)c(OC(F)F)cc1N(C)CCN(C)C. The number of likely N-dealkylation sites (N-methyl/N-ethyl adjacent to an activating group) is 2.